The molecule has 0 aliphatic carbocycles. The number of nitrogens with one attached hydrogen (secondary N) is 2. The summed E-state index contributed by atoms with van der Waals surface area (Å²) in [6.07, 6.45) is 1.91. The first-order chi connectivity index (χ1) is 13.6. The number of benzene rings is 2. The van der Waals surface area contributed by atoms with Gasteiger partial charge in [-0.3, -0.25) is 4.79 Å². The van der Waals surface area contributed by atoms with Crippen LogP contribution in [0.5, 0.6) is 0 Å². The number of likely N-dealkylation sites (tertiary alicyclic amines) is 1. The Kier molecular flexibility index (Phi) is 6.90. The van der Waals surface area contributed by atoms with Crippen molar-refractivity contribution in [2.75, 3.05) is 19.6 Å². The molecule has 2 aromatic rings. The fourth-order valence-electron chi connectivity index (χ4n) is 3.72. The van der Waals surface area contributed by atoms with Crippen LogP contribution in [0.4, 0.5) is 0 Å². The molecule has 1 fully saturated rings. The molecule has 5 nitrogen and oxygen atoms in total. The normalized spacial score (nSPS) is 15.9. The molecule has 1 aliphatic heterocycles. The van der Waals surface area contributed by atoms with Crippen LogP contribution in [0.3, 0.4) is 0 Å². The molecule has 3 rings (SSSR count). The summed E-state index contributed by atoms with van der Waals surface area (Å²) >= 11 is 0. The van der Waals surface area contributed by atoms with Crippen LogP contribution in [-0.2, 0) is 11.3 Å². The zero-order valence-corrected chi connectivity index (χ0v) is 17.2. The van der Waals surface area contributed by atoms with E-state index in [1.54, 1.807) is 0 Å². The average Bonchev–Trinajstić information content (AvgIpc) is 2.72. The Morgan fingerprint density at radius 3 is 2.57 bits per heavy atom. The van der Waals surface area contributed by atoms with E-state index in [4.69, 9.17) is 4.99 Å². The summed E-state index contributed by atoms with van der Waals surface area (Å²) in [6, 6.07) is 15.2. The second kappa shape index (κ2) is 9.58. The predicted octanol–water partition coefficient (Wildman–Crippen LogP) is 3.54. The largest absolute Gasteiger partial charge is 0.357 e. The lowest BCUT2D eigenvalue weighted by molar-refractivity contribution is -0.135. The summed E-state index contributed by atoms with van der Waals surface area (Å²) in [5.74, 6) is 1.18. The van der Waals surface area contributed by atoms with Gasteiger partial charge in [0.1, 0.15) is 0 Å². The minimum absolute atomic E-state index is 0.0732. The van der Waals surface area contributed by atoms with Crippen molar-refractivity contribution in [2.45, 2.75) is 46.2 Å². The van der Waals surface area contributed by atoms with E-state index in [9.17, 15) is 4.79 Å². The molecule has 0 saturated carbocycles. The van der Waals surface area contributed by atoms with Crippen LogP contribution in [0.2, 0.25) is 0 Å². The number of guanidine groups is 1. The molecule has 2 aromatic carbocycles. The molecule has 1 saturated heterocycles. The van der Waals surface area contributed by atoms with E-state index in [1.165, 1.54) is 16.3 Å². The second-order valence-corrected chi connectivity index (χ2v) is 7.73. The molecule has 0 aromatic heterocycles. The molecule has 0 spiro atoms. The van der Waals surface area contributed by atoms with Crippen molar-refractivity contribution in [1.29, 1.82) is 0 Å². The molecule has 1 aliphatic rings. The number of hydrogen-bond donors (Lipinski definition) is 2. The van der Waals surface area contributed by atoms with E-state index in [1.807, 2.05) is 18.7 Å². The number of rotatable bonds is 5. The molecule has 150 valence electrons. The van der Waals surface area contributed by atoms with Crippen LogP contribution in [-0.4, -0.2) is 42.4 Å². The summed E-state index contributed by atoms with van der Waals surface area (Å²) in [4.78, 5) is 19.0. The van der Waals surface area contributed by atoms with Crippen molar-refractivity contribution >= 4 is 22.6 Å². The van der Waals surface area contributed by atoms with Gasteiger partial charge in [0.05, 0.1) is 6.54 Å². The monoisotopic (exact) mass is 380 g/mol. The van der Waals surface area contributed by atoms with Gasteiger partial charge in [0.2, 0.25) is 5.91 Å². The third-order valence-corrected chi connectivity index (χ3v) is 5.27. The summed E-state index contributed by atoms with van der Waals surface area (Å²) in [5, 5.41) is 9.42. The number of fused-ring (bicyclic) bond motifs is 1. The molecule has 0 radical (unpaired) electrons. The van der Waals surface area contributed by atoms with Crippen molar-refractivity contribution in [2.24, 2.45) is 10.9 Å². The first-order valence-corrected chi connectivity index (χ1v) is 10.4. The highest BCUT2D eigenvalue weighted by atomic mass is 16.2. The minimum Gasteiger partial charge on any atom is -0.357 e. The maximum atomic E-state index is 12.2. The number of amides is 1. The van der Waals surface area contributed by atoms with E-state index in [0.717, 1.165) is 38.4 Å². The number of carbonyl (C=O) groups excluding carboxylic acids is 1. The summed E-state index contributed by atoms with van der Waals surface area (Å²) < 4.78 is 0. The number of nitrogens with zero attached hydrogens (tertiary/aromatic N) is 2. The van der Waals surface area contributed by atoms with Gasteiger partial charge in [-0.1, -0.05) is 56.3 Å². The quantitative estimate of drug-likeness (QED) is 0.616. The van der Waals surface area contributed by atoms with E-state index < -0.39 is 0 Å². The van der Waals surface area contributed by atoms with E-state index in [2.05, 4.69) is 60.0 Å². The van der Waals surface area contributed by atoms with Gasteiger partial charge in [-0.15, -0.1) is 0 Å². The van der Waals surface area contributed by atoms with E-state index >= 15 is 0 Å². The number of piperidine rings is 1. The van der Waals surface area contributed by atoms with Crippen LogP contribution < -0.4 is 10.6 Å². The molecule has 1 amide bonds. The van der Waals surface area contributed by atoms with Gasteiger partial charge < -0.3 is 15.5 Å². The highest BCUT2D eigenvalue weighted by Crippen LogP contribution is 2.19. The molecule has 2 N–H and O–H groups in total. The van der Waals surface area contributed by atoms with Gasteiger partial charge in [0.25, 0.3) is 0 Å². The Labute approximate surface area is 168 Å². The van der Waals surface area contributed by atoms with Crippen molar-refractivity contribution in [3.05, 3.63) is 48.0 Å². The second-order valence-electron chi connectivity index (χ2n) is 7.73. The van der Waals surface area contributed by atoms with E-state index in [-0.39, 0.29) is 11.8 Å². The molecule has 1 heterocycles. The molecule has 0 atom stereocenters. The lowest BCUT2D eigenvalue weighted by atomic mass is 10.0. The SMILES string of the molecule is CCNC(=NCc1cccc2ccccc12)NC1CCN(C(=O)C(C)C)CC1. The van der Waals surface area contributed by atoms with Crippen LogP contribution in [0.15, 0.2) is 47.5 Å². The third kappa shape index (κ3) is 5.03. The first kappa shape index (κ1) is 20.2. The molecule has 28 heavy (non-hydrogen) atoms. The number of aliphatic imine (C=N–C) groups is 1. The molecule has 0 bridgehead atoms. The Morgan fingerprint density at radius 2 is 1.86 bits per heavy atom. The Balaban J connectivity index is 1.63. The highest BCUT2D eigenvalue weighted by molar-refractivity contribution is 5.86. The van der Waals surface area contributed by atoms with Crippen LogP contribution in [0, 0.1) is 5.92 Å². The standard InChI is InChI=1S/C23H32N4O/c1-4-24-23(26-20-12-14-27(15-13-20)22(28)17(2)3)25-16-19-10-7-9-18-8-5-6-11-21(18)19/h5-11,17,20H,4,12-16H2,1-3H3,(H2,24,25,26). The van der Waals surface area contributed by atoms with Crippen molar-refractivity contribution in [1.82, 2.24) is 15.5 Å². The van der Waals surface area contributed by atoms with Gasteiger partial charge in [0, 0.05) is 31.6 Å². The first-order valence-electron chi connectivity index (χ1n) is 10.4. The average molecular weight is 381 g/mol. The summed E-state index contributed by atoms with van der Waals surface area (Å²) in [5.41, 5.74) is 1.23. The van der Waals surface area contributed by atoms with Gasteiger partial charge in [-0.2, -0.15) is 0 Å². The predicted molar refractivity (Wildman–Crippen MR) is 116 cm³/mol. The van der Waals surface area contributed by atoms with Gasteiger partial charge in [-0.25, -0.2) is 4.99 Å². The number of carbonyl (C=O) groups is 1. The molecular formula is C23H32N4O. The molecule has 5 heteroatoms. The van der Waals surface area contributed by atoms with Gasteiger partial charge in [0.15, 0.2) is 5.96 Å². The smallest absolute Gasteiger partial charge is 0.225 e. The van der Waals surface area contributed by atoms with Crippen LogP contribution in [0.1, 0.15) is 39.2 Å². The lowest BCUT2D eigenvalue weighted by Gasteiger charge is -2.34. The Morgan fingerprint density at radius 1 is 1.14 bits per heavy atom. The van der Waals surface area contributed by atoms with Crippen LogP contribution >= 0.6 is 0 Å². The topological polar surface area (TPSA) is 56.7 Å². The van der Waals surface area contributed by atoms with Gasteiger partial charge >= 0.3 is 0 Å². The maximum absolute atomic E-state index is 12.2. The van der Waals surface area contributed by atoms with Crippen LogP contribution in [0.25, 0.3) is 10.8 Å². The lowest BCUT2D eigenvalue weighted by Crippen LogP contribution is -2.50. The Hall–Kier alpha value is -2.56. The van der Waals surface area contributed by atoms with Crippen molar-refractivity contribution in [3.8, 4) is 0 Å². The van der Waals surface area contributed by atoms with Crippen molar-refractivity contribution < 1.29 is 4.79 Å². The number of hydrogen-bond acceptors (Lipinski definition) is 2. The fourth-order valence-corrected chi connectivity index (χ4v) is 3.72. The van der Waals surface area contributed by atoms with Gasteiger partial charge in [-0.05, 0) is 36.1 Å². The molecular weight excluding hydrogens is 348 g/mol. The highest BCUT2D eigenvalue weighted by Gasteiger charge is 2.24. The maximum Gasteiger partial charge on any atom is 0.225 e. The zero-order valence-electron chi connectivity index (χ0n) is 17.2. The summed E-state index contributed by atoms with van der Waals surface area (Å²) in [7, 11) is 0. The third-order valence-electron chi connectivity index (χ3n) is 5.27. The fraction of sp³-hybridized carbons (Fsp3) is 0.478. The summed E-state index contributed by atoms with van der Waals surface area (Å²) in [6.45, 7) is 9.12. The Bertz CT molecular complexity index is 817. The van der Waals surface area contributed by atoms with Crippen molar-refractivity contribution in [3.63, 3.8) is 0 Å². The van der Waals surface area contributed by atoms with E-state index in [0.29, 0.717) is 12.6 Å². The zero-order chi connectivity index (χ0) is 19.9. The minimum atomic E-state index is 0.0732. The molecule has 0 unspecified atom stereocenters.